The van der Waals surface area contributed by atoms with Gasteiger partial charge in [0.1, 0.15) is 0 Å². The lowest BCUT2D eigenvalue weighted by Crippen LogP contribution is -2.38. The summed E-state index contributed by atoms with van der Waals surface area (Å²) in [5.74, 6) is 0.683. The summed E-state index contributed by atoms with van der Waals surface area (Å²) in [5.41, 5.74) is 0.659. The van der Waals surface area contributed by atoms with Gasteiger partial charge >= 0.3 is 0 Å². The molecule has 0 amide bonds. The van der Waals surface area contributed by atoms with Crippen LogP contribution in [0.15, 0.2) is 23.2 Å². The van der Waals surface area contributed by atoms with Gasteiger partial charge in [0, 0.05) is 29.7 Å². The fourth-order valence-electron chi connectivity index (χ4n) is 2.62. The van der Waals surface area contributed by atoms with Gasteiger partial charge in [-0.3, -0.25) is 4.99 Å². The van der Waals surface area contributed by atoms with Crippen LogP contribution in [-0.2, 0) is 4.74 Å². The van der Waals surface area contributed by atoms with Gasteiger partial charge in [-0.05, 0) is 49.9 Å². The van der Waals surface area contributed by atoms with Crippen LogP contribution in [0.3, 0.4) is 0 Å². The van der Waals surface area contributed by atoms with Gasteiger partial charge < -0.3 is 20.5 Å². The van der Waals surface area contributed by atoms with Crippen LogP contribution in [0.25, 0.3) is 0 Å². The van der Waals surface area contributed by atoms with Crippen molar-refractivity contribution in [3.05, 3.63) is 33.8 Å². The Hall–Kier alpha value is -0.280. The van der Waals surface area contributed by atoms with Crippen molar-refractivity contribution in [2.24, 2.45) is 4.99 Å². The quantitative estimate of drug-likeness (QED) is 0.302. The third-order valence-corrected chi connectivity index (χ3v) is 4.26. The molecule has 0 aliphatic carbocycles. The van der Waals surface area contributed by atoms with E-state index in [4.69, 9.17) is 27.9 Å². The normalized spacial score (nSPS) is 18.6. The smallest absolute Gasteiger partial charge is 0.191 e. The van der Waals surface area contributed by atoms with Crippen LogP contribution >= 0.6 is 47.2 Å². The van der Waals surface area contributed by atoms with Gasteiger partial charge in [-0.1, -0.05) is 23.2 Å². The Kier molecular flexibility index (Phi) is 11.1. The molecule has 1 aliphatic rings. The van der Waals surface area contributed by atoms with E-state index in [0.29, 0.717) is 27.7 Å². The zero-order chi connectivity index (χ0) is 17.4. The molecular formula is C17H26Cl2IN3O2. The minimum Gasteiger partial charge on any atom is -0.386 e. The first-order valence-corrected chi connectivity index (χ1v) is 9.12. The summed E-state index contributed by atoms with van der Waals surface area (Å²) in [6, 6.07) is 5.04. The summed E-state index contributed by atoms with van der Waals surface area (Å²) < 4.78 is 5.61. The molecule has 1 fully saturated rings. The van der Waals surface area contributed by atoms with Crippen molar-refractivity contribution in [3.63, 3.8) is 0 Å². The van der Waals surface area contributed by atoms with Crippen molar-refractivity contribution in [1.29, 1.82) is 0 Å². The largest absolute Gasteiger partial charge is 0.386 e. The molecular weight excluding hydrogens is 476 g/mol. The Bertz CT molecular complexity index is 534. The molecule has 0 aromatic heterocycles. The Morgan fingerprint density at radius 3 is 2.64 bits per heavy atom. The molecule has 0 saturated carbocycles. The molecule has 3 N–H and O–H groups in total. The third kappa shape index (κ3) is 8.30. The van der Waals surface area contributed by atoms with E-state index in [-0.39, 0.29) is 30.5 Å². The van der Waals surface area contributed by atoms with Crippen molar-refractivity contribution in [1.82, 2.24) is 10.6 Å². The van der Waals surface area contributed by atoms with E-state index < -0.39 is 6.10 Å². The van der Waals surface area contributed by atoms with Crippen molar-refractivity contribution >= 4 is 53.1 Å². The number of aliphatic hydroxyl groups excluding tert-OH is 1. The Morgan fingerprint density at radius 2 is 2.04 bits per heavy atom. The molecule has 1 aromatic rings. The number of aliphatic hydroxyl groups is 1. The second-order valence-corrected chi connectivity index (χ2v) is 6.66. The molecule has 0 radical (unpaired) electrons. The molecule has 5 nitrogen and oxygen atoms in total. The molecule has 1 saturated heterocycles. The number of rotatable bonds is 7. The monoisotopic (exact) mass is 501 g/mol. The predicted molar refractivity (Wildman–Crippen MR) is 114 cm³/mol. The number of nitrogens with one attached hydrogen (secondary N) is 2. The highest BCUT2D eigenvalue weighted by molar-refractivity contribution is 14.0. The third-order valence-electron chi connectivity index (χ3n) is 3.82. The van der Waals surface area contributed by atoms with E-state index in [1.54, 1.807) is 18.2 Å². The van der Waals surface area contributed by atoms with Gasteiger partial charge in [-0.2, -0.15) is 0 Å². The average molecular weight is 502 g/mol. The lowest BCUT2D eigenvalue weighted by molar-refractivity contribution is 0.105. The van der Waals surface area contributed by atoms with Gasteiger partial charge in [-0.15, -0.1) is 24.0 Å². The zero-order valence-corrected chi connectivity index (χ0v) is 18.1. The molecule has 1 aromatic carbocycles. The Balaban J connectivity index is 0.00000312. The molecule has 142 valence electrons. The van der Waals surface area contributed by atoms with Crippen LogP contribution in [0.5, 0.6) is 0 Å². The van der Waals surface area contributed by atoms with E-state index in [9.17, 15) is 5.11 Å². The summed E-state index contributed by atoms with van der Waals surface area (Å²) in [5, 5.41) is 17.7. The number of hydrogen-bond acceptors (Lipinski definition) is 3. The molecule has 2 rings (SSSR count). The van der Waals surface area contributed by atoms with Crippen molar-refractivity contribution in [3.8, 4) is 0 Å². The minimum absolute atomic E-state index is 0. The van der Waals surface area contributed by atoms with Crippen LogP contribution in [-0.4, -0.2) is 43.4 Å². The van der Waals surface area contributed by atoms with Gasteiger partial charge in [0.25, 0.3) is 0 Å². The number of guanidine groups is 1. The van der Waals surface area contributed by atoms with Crippen LogP contribution < -0.4 is 10.6 Å². The maximum atomic E-state index is 10.3. The SMILES string of the molecule is CCNC(=NCC(O)c1cc(Cl)cc(Cl)c1)NCCC1CCCO1.I. The maximum Gasteiger partial charge on any atom is 0.191 e. The standard InChI is InChI=1S/C17H25Cl2N3O2.HI/c1-2-20-17(21-6-5-15-4-3-7-24-15)22-11-16(23)12-8-13(18)10-14(19)9-12;/h8-10,15-16,23H,2-7,11H2,1H3,(H2,20,21,22);1H. The average Bonchev–Trinajstić information content (AvgIpc) is 3.04. The van der Waals surface area contributed by atoms with E-state index >= 15 is 0 Å². The van der Waals surface area contributed by atoms with Crippen LogP contribution in [0.4, 0.5) is 0 Å². The molecule has 25 heavy (non-hydrogen) atoms. The van der Waals surface area contributed by atoms with Gasteiger partial charge in [0.05, 0.1) is 18.8 Å². The van der Waals surface area contributed by atoms with Crippen molar-refractivity contribution in [2.75, 3.05) is 26.2 Å². The molecule has 1 aliphatic heterocycles. The molecule has 8 heteroatoms. The first-order chi connectivity index (χ1) is 11.6. The molecule has 2 unspecified atom stereocenters. The lowest BCUT2D eigenvalue weighted by Gasteiger charge is -2.15. The van der Waals surface area contributed by atoms with Gasteiger partial charge in [0.2, 0.25) is 0 Å². The van der Waals surface area contributed by atoms with E-state index in [2.05, 4.69) is 15.6 Å². The summed E-state index contributed by atoms with van der Waals surface area (Å²) in [6.45, 7) is 4.64. The molecule has 0 spiro atoms. The summed E-state index contributed by atoms with van der Waals surface area (Å²) in [7, 11) is 0. The number of ether oxygens (including phenoxy) is 1. The Labute approximate surface area is 176 Å². The Morgan fingerprint density at radius 1 is 1.32 bits per heavy atom. The maximum absolute atomic E-state index is 10.3. The molecule has 0 bridgehead atoms. The van der Waals surface area contributed by atoms with Crippen LogP contribution in [0, 0.1) is 0 Å². The highest BCUT2D eigenvalue weighted by Crippen LogP contribution is 2.23. The van der Waals surface area contributed by atoms with Crippen LogP contribution in [0.2, 0.25) is 10.0 Å². The van der Waals surface area contributed by atoms with Crippen LogP contribution in [0.1, 0.15) is 37.9 Å². The first-order valence-electron chi connectivity index (χ1n) is 8.36. The number of aliphatic imine (C=N–C) groups is 1. The predicted octanol–water partition coefficient (Wildman–Crippen LogP) is 3.77. The summed E-state index contributed by atoms with van der Waals surface area (Å²) >= 11 is 11.9. The molecule has 1 heterocycles. The number of halogens is 3. The topological polar surface area (TPSA) is 65.9 Å². The number of nitrogens with zero attached hydrogens (tertiary/aromatic N) is 1. The fraction of sp³-hybridized carbons (Fsp3) is 0.588. The van der Waals surface area contributed by atoms with Crippen molar-refractivity contribution < 1.29 is 9.84 Å². The minimum atomic E-state index is -0.755. The van der Waals surface area contributed by atoms with Crippen molar-refractivity contribution in [2.45, 2.75) is 38.4 Å². The second kappa shape index (κ2) is 12.2. The van der Waals surface area contributed by atoms with E-state index in [0.717, 1.165) is 39.0 Å². The number of benzene rings is 1. The summed E-state index contributed by atoms with van der Waals surface area (Å²) in [4.78, 5) is 4.43. The van der Waals surface area contributed by atoms with E-state index in [1.807, 2.05) is 6.92 Å². The lowest BCUT2D eigenvalue weighted by atomic mass is 10.1. The second-order valence-electron chi connectivity index (χ2n) is 5.79. The van der Waals surface area contributed by atoms with E-state index in [1.165, 1.54) is 0 Å². The highest BCUT2D eigenvalue weighted by Gasteiger charge is 2.15. The first kappa shape index (κ1) is 22.8. The van der Waals surface area contributed by atoms with Gasteiger partial charge in [-0.25, -0.2) is 0 Å². The molecule has 2 atom stereocenters. The highest BCUT2D eigenvalue weighted by atomic mass is 127. The summed E-state index contributed by atoms with van der Waals surface area (Å²) in [6.07, 6.45) is 2.82. The fourth-order valence-corrected chi connectivity index (χ4v) is 3.16. The van der Waals surface area contributed by atoms with Gasteiger partial charge in [0.15, 0.2) is 5.96 Å². The zero-order valence-electron chi connectivity index (χ0n) is 14.3. The number of hydrogen-bond donors (Lipinski definition) is 3.